The Morgan fingerprint density at radius 1 is 1.31 bits per heavy atom. The molecule has 2 aliphatic carbocycles. The lowest BCUT2D eigenvalue weighted by atomic mass is 9.88. The molecule has 2 saturated carbocycles. The van der Waals surface area contributed by atoms with E-state index in [0.29, 0.717) is 23.7 Å². The van der Waals surface area contributed by atoms with E-state index >= 15 is 0 Å². The van der Waals surface area contributed by atoms with Crippen LogP contribution in [-0.2, 0) is 4.79 Å². The first kappa shape index (κ1) is 11.9. The van der Waals surface area contributed by atoms with Crippen molar-refractivity contribution in [3.8, 4) is 0 Å². The Kier molecular flexibility index (Phi) is 3.85. The average molecular weight is 224 g/mol. The van der Waals surface area contributed by atoms with Crippen molar-refractivity contribution >= 4 is 5.91 Å². The van der Waals surface area contributed by atoms with Gasteiger partial charge in [-0.25, -0.2) is 0 Å². The number of amides is 1. The fourth-order valence-corrected chi connectivity index (χ4v) is 3.39. The zero-order valence-corrected chi connectivity index (χ0v) is 10.5. The van der Waals surface area contributed by atoms with Gasteiger partial charge >= 0.3 is 0 Å². The number of nitrogens with one attached hydrogen (secondary N) is 2. The number of hydrogen-bond acceptors (Lipinski definition) is 2. The molecule has 2 fully saturated rings. The fraction of sp³-hybridized carbons (Fsp3) is 0.923. The maximum Gasteiger partial charge on any atom is 0.223 e. The Morgan fingerprint density at radius 3 is 2.69 bits per heavy atom. The van der Waals surface area contributed by atoms with Crippen LogP contribution in [-0.4, -0.2) is 26.0 Å². The number of rotatable bonds is 5. The van der Waals surface area contributed by atoms with Gasteiger partial charge in [0.25, 0.3) is 0 Å². The molecule has 4 atom stereocenters. The Balaban J connectivity index is 1.72. The first-order valence-electron chi connectivity index (χ1n) is 6.63. The number of fused-ring (bicyclic) bond motifs is 2. The van der Waals surface area contributed by atoms with Gasteiger partial charge in [-0.05, 0) is 50.6 Å². The molecule has 3 heteroatoms. The Bertz CT molecular complexity index is 254. The summed E-state index contributed by atoms with van der Waals surface area (Å²) in [5.41, 5.74) is 0. The summed E-state index contributed by atoms with van der Waals surface area (Å²) in [5.74, 6) is 2.73. The summed E-state index contributed by atoms with van der Waals surface area (Å²) in [6.45, 7) is 3.95. The molecule has 0 spiro atoms. The quantitative estimate of drug-likeness (QED) is 0.741. The molecule has 2 rings (SSSR count). The number of carbonyl (C=O) groups is 1. The lowest BCUT2D eigenvalue weighted by Gasteiger charge is -2.22. The maximum absolute atomic E-state index is 12.0. The minimum absolute atomic E-state index is 0.315. The summed E-state index contributed by atoms with van der Waals surface area (Å²) in [5, 5.41) is 6.25. The molecule has 0 heterocycles. The van der Waals surface area contributed by atoms with E-state index in [2.05, 4.69) is 17.6 Å². The van der Waals surface area contributed by atoms with E-state index in [1.165, 1.54) is 19.3 Å². The zero-order valence-electron chi connectivity index (χ0n) is 10.5. The summed E-state index contributed by atoms with van der Waals surface area (Å²) < 4.78 is 0. The molecule has 0 aromatic rings. The van der Waals surface area contributed by atoms with Crippen molar-refractivity contribution in [1.29, 1.82) is 0 Å². The van der Waals surface area contributed by atoms with Gasteiger partial charge in [-0.2, -0.15) is 0 Å². The second-order valence-electron chi connectivity index (χ2n) is 5.69. The van der Waals surface area contributed by atoms with E-state index in [4.69, 9.17) is 0 Å². The monoisotopic (exact) mass is 224 g/mol. The molecular weight excluding hydrogens is 200 g/mol. The molecule has 3 nitrogen and oxygen atoms in total. The van der Waals surface area contributed by atoms with Crippen LogP contribution in [0.25, 0.3) is 0 Å². The van der Waals surface area contributed by atoms with Crippen LogP contribution in [0.4, 0.5) is 0 Å². The molecule has 92 valence electrons. The van der Waals surface area contributed by atoms with E-state index in [1.807, 2.05) is 7.05 Å². The highest BCUT2D eigenvalue weighted by molar-refractivity contribution is 5.79. The van der Waals surface area contributed by atoms with Crippen LogP contribution in [0.15, 0.2) is 0 Å². The summed E-state index contributed by atoms with van der Waals surface area (Å²) in [7, 11) is 1.95. The normalized spacial score (nSPS) is 34.0. The van der Waals surface area contributed by atoms with E-state index in [9.17, 15) is 4.79 Å². The van der Waals surface area contributed by atoms with Gasteiger partial charge in [-0.15, -0.1) is 0 Å². The van der Waals surface area contributed by atoms with E-state index in [-0.39, 0.29) is 0 Å². The zero-order chi connectivity index (χ0) is 11.5. The maximum atomic E-state index is 12.0. The van der Waals surface area contributed by atoms with Gasteiger partial charge in [0.15, 0.2) is 0 Å². The standard InChI is InChI=1S/C13H24N2O/c1-9(7-14-2)8-15-13(16)12-6-10-3-4-11(12)5-10/h9-12,14H,3-8H2,1-2H3,(H,15,16). The summed E-state index contributed by atoms with van der Waals surface area (Å²) in [4.78, 5) is 12.0. The lowest BCUT2D eigenvalue weighted by molar-refractivity contribution is -0.126. The van der Waals surface area contributed by atoms with Crippen molar-refractivity contribution in [3.63, 3.8) is 0 Å². The molecule has 0 saturated heterocycles. The largest absolute Gasteiger partial charge is 0.356 e. The molecule has 2 bridgehead atoms. The third kappa shape index (κ3) is 2.57. The van der Waals surface area contributed by atoms with Crippen LogP contribution in [0.2, 0.25) is 0 Å². The van der Waals surface area contributed by atoms with Gasteiger partial charge in [-0.3, -0.25) is 4.79 Å². The van der Waals surface area contributed by atoms with Crippen molar-refractivity contribution in [3.05, 3.63) is 0 Å². The molecule has 2 N–H and O–H groups in total. The first-order valence-corrected chi connectivity index (χ1v) is 6.63. The smallest absolute Gasteiger partial charge is 0.223 e. The predicted molar refractivity (Wildman–Crippen MR) is 65.0 cm³/mol. The molecular formula is C13H24N2O. The van der Waals surface area contributed by atoms with E-state index in [0.717, 1.165) is 25.4 Å². The van der Waals surface area contributed by atoms with Gasteiger partial charge in [0.05, 0.1) is 0 Å². The highest BCUT2D eigenvalue weighted by Crippen LogP contribution is 2.48. The third-order valence-electron chi connectivity index (χ3n) is 4.25. The van der Waals surface area contributed by atoms with Crippen LogP contribution in [0, 0.1) is 23.7 Å². The highest BCUT2D eigenvalue weighted by atomic mass is 16.1. The third-order valence-corrected chi connectivity index (χ3v) is 4.25. The summed E-state index contributed by atoms with van der Waals surface area (Å²) in [6.07, 6.45) is 5.11. The van der Waals surface area contributed by atoms with Crippen LogP contribution in [0.3, 0.4) is 0 Å². The molecule has 0 aromatic carbocycles. The molecule has 4 unspecified atom stereocenters. The Hall–Kier alpha value is -0.570. The minimum atomic E-state index is 0.315. The van der Waals surface area contributed by atoms with E-state index in [1.54, 1.807) is 0 Å². The Labute approximate surface area is 98.4 Å². The van der Waals surface area contributed by atoms with Crippen molar-refractivity contribution in [1.82, 2.24) is 10.6 Å². The SMILES string of the molecule is CNCC(C)CNC(=O)C1CC2CCC1C2. The number of hydrogen-bond donors (Lipinski definition) is 2. The average Bonchev–Trinajstić information content (AvgIpc) is 2.88. The first-order chi connectivity index (χ1) is 7.70. The van der Waals surface area contributed by atoms with Gasteiger partial charge in [0, 0.05) is 12.5 Å². The van der Waals surface area contributed by atoms with Gasteiger partial charge in [0.2, 0.25) is 5.91 Å². The van der Waals surface area contributed by atoms with E-state index < -0.39 is 0 Å². The fourth-order valence-electron chi connectivity index (χ4n) is 3.39. The van der Waals surface area contributed by atoms with Crippen molar-refractivity contribution in [2.45, 2.75) is 32.6 Å². The van der Waals surface area contributed by atoms with Gasteiger partial charge < -0.3 is 10.6 Å². The molecule has 0 aromatic heterocycles. The topological polar surface area (TPSA) is 41.1 Å². The summed E-state index contributed by atoms with van der Waals surface area (Å²) in [6, 6.07) is 0. The molecule has 1 amide bonds. The molecule has 2 aliphatic rings. The van der Waals surface area contributed by atoms with Crippen molar-refractivity contribution < 1.29 is 4.79 Å². The number of carbonyl (C=O) groups excluding carboxylic acids is 1. The predicted octanol–water partition coefficient (Wildman–Crippen LogP) is 1.39. The minimum Gasteiger partial charge on any atom is -0.356 e. The summed E-state index contributed by atoms with van der Waals surface area (Å²) >= 11 is 0. The lowest BCUT2D eigenvalue weighted by Crippen LogP contribution is -2.37. The van der Waals surface area contributed by atoms with Gasteiger partial charge in [-0.1, -0.05) is 13.3 Å². The van der Waals surface area contributed by atoms with Crippen LogP contribution >= 0.6 is 0 Å². The molecule has 0 radical (unpaired) electrons. The van der Waals surface area contributed by atoms with Crippen LogP contribution in [0.1, 0.15) is 32.6 Å². The van der Waals surface area contributed by atoms with Gasteiger partial charge in [0.1, 0.15) is 0 Å². The van der Waals surface area contributed by atoms with Crippen LogP contribution in [0.5, 0.6) is 0 Å². The second kappa shape index (κ2) is 5.17. The highest BCUT2D eigenvalue weighted by Gasteiger charge is 2.42. The Morgan fingerprint density at radius 2 is 2.12 bits per heavy atom. The van der Waals surface area contributed by atoms with Crippen molar-refractivity contribution in [2.75, 3.05) is 20.1 Å². The molecule has 16 heavy (non-hydrogen) atoms. The van der Waals surface area contributed by atoms with Crippen LogP contribution < -0.4 is 10.6 Å². The molecule has 0 aliphatic heterocycles. The second-order valence-corrected chi connectivity index (χ2v) is 5.69. The van der Waals surface area contributed by atoms with Crippen molar-refractivity contribution in [2.24, 2.45) is 23.7 Å².